The lowest BCUT2D eigenvalue weighted by molar-refractivity contribution is 0.766. The normalized spacial score (nSPS) is 13.0. The molecule has 0 amide bonds. The Hall–Kier alpha value is -10.2. The summed E-state index contributed by atoms with van der Waals surface area (Å²) in [5.41, 5.74) is 20.8. The maximum absolute atomic E-state index is 2.55. The maximum Gasteiger partial charge on any atom is 0.0788 e. The Balaban J connectivity index is 0.983. The van der Waals surface area contributed by atoms with E-state index in [4.69, 9.17) is 0 Å². The van der Waals surface area contributed by atoms with Gasteiger partial charge in [-0.25, -0.2) is 0 Å². The molecule has 0 aliphatic heterocycles. The lowest BCUT2D eigenvalue weighted by Crippen LogP contribution is -2.28. The summed E-state index contributed by atoms with van der Waals surface area (Å²) >= 11 is 0. The van der Waals surface area contributed by atoms with Crippen molar-refractivity contribution in [3.63, 3.8) is 0 Å². The zero-order chi connectivity index (χ0) is 50.3. The Bertz CT molecular complexity index is 4750. The van der Waals surface area contributed by atoms with E-state index in [-0.39, 0.29) is 0 Å². The van der Waals surface area contributed by atoms with Crippen LogP contribution in [0.5, 0.6) is 0 Å². The number of nitrogens with zero attached hydrogens (tertiary/aromatic N) is 4. The van der Waals surface area contributed by atoms with Crippen molar-refractivity contribution >= 4 is 87.2 Å². The summed E-state index contributed by atoms with van der Waals surface area (Å²) in [6, 6.07) is 104. The quantitative estimate of drug-likeness (QED) is 0.158. The standard InChI is InChI=1S/C73H46N4/c1-5-21-47(22-6-1)73(48-23-7-2-8-24-48)63-45-51(76-67-35-19-15-31-57(67)61-43-41-59-55-29-13-17-33-65(55)74(69(59)71(61)76)49-25-9-3-10-26-49)37-39-53(63)54-40-38-52(46-64(54)73)77-68-36-20-16-32-58(68)62-44-42-60-56-30-14-18-34-66(56)75(70(60)72(62)77)50-27-11-4-12-28-50/h1-46H. The van der Waals surface area contributed by atoms with Gasteiger partial charge in [0.2, 0.25) is 0 Å². The molecule has 16 aromatic rings. The van der Waals surface area contributed by atoms with E-state index in [1.54, 1.807) is 0 Å². The molecule has 1 aliphatic rings. The van der Waals surface area contributed by atoms with Crippen LogP contribution in [0.15, 0.2) is 279 Å². The molecule has 358 valence electrons. The molecule has 4 heterocycles. The number of rotatable bonds is 6. The highest BCUT2D eigenvalue weighted by atomic mass is 15.1. The Morgan fingerprint density at radius 2 is 0.481 bits per heavy atom. The molecule has 1 aliphatic carbocycles. The van der Waals surface area contributed by atoms with Crippen molar-refractivity contribution in [2.45, 2.75) is 5.41 Å². The minimum Gasteiger partial charge on any atom is -0.307 e. The second-order valence-electron chi connectivity index (χ2n) is 20.7. The van der Waals surface area contributed by atoms with E-state index in [9.17, 15) is 0 Å². The highest BCUT2D eigenvalue weighted by Crippen LogP contribution is 2.58. The minimum atomic E-state index is -0.695. The maximum atomic E-state index is 2.55. The molecule has 0 bridgehead atoms. The average molecular weight is 979 g/mol. The van der Waals surface area contributed by atoms with Crippen molar-refractivity contribution in [3.05, 3.63) is 301 Å². The van der Waals surface area contributed by atoms with Crippen LogP contribution in [0.1, 0.15) is 22.3 Å². The summed E-state index contributed by atoms with van der Waals surface area (Å²) in [6.45, 7) is 0. The van der Waals surface area contributed by atoms with Gasteiger partial charge >= 0.3 is 0 Å². The Labute approximate surface area is 443 Å². The van der Waals surface area contributed by atoms with Crippen molar-refractivity contribution in [1.29, 1.82) is 0 Å². The van der Waals surface area contributed by atoms with Gasteiger partial charge in [-0.15, -0.1) is 0 Å². The first-order chi connectivity index (χ1) is 38.3. The van der Waals surface area contributed by atoms with Gasteiger partial charge in [0.25, 0.3) is 0 Å². The van der Waals surface area contributed by atoms with E-state index in [1.807, 2.05) is 0 Å². The van der Waals surface area contributed by atoms with Crippen LogP contribution in [-0.2, 0) is 5.41 Å². The Kier molecular flexibility index (Phi) is 8.73. The van der Waals surface area contributed by atoms with Crippen LogP contribution < -0.4 is 0 Å². The van der Waals surface area contributed by atoms with Crippen molar-refractivity contribution in [3.8, 4) is 33.9 Å². The van der Waals surface area contributed by atoms with Gasteiger partial charge in [-0.2, -0.15) is 0 Å². The number of aromatic nitrogens is 4. The topological polar surface area (TPSA) is 19.7 Å². The van der Waals surface area contributed by atoms with Gasteiger partial charge in [-0.1, -0.05) is 206 Å². The van der Waals surface area contributed by atoms with Crippen LogP contribution >= 0.6 is 0 Å². The second kappa shape index (κ2) is 15.9. The predicted octanol–water partition coefficient (Wildman–Crippen LogP) is 18.4. The predicted molar refractivity (Wildman–Crippen MR) is 321 cm³/mol. The largest absolute Gasteiger partial charge is 0.307 e. The molecule has 0 atom stereocenters. The van der Waals surface area contributed by atoms with Crippen molar-refractivity contribution < 1.29 is 0 Å². The number of hydrogen-bond acceptors (Lipinski definition) is 0. The second-order valence-corrected chi connectivity index (χ2v) is 20.7. The molecule has 0 fully saturated rings. The smallest absolute Gasteiger partial charge is 0.0788 e. The molecule has 0 spiro atoms. The van der Waals surface area contributed by atoms with Gasteiger partial charge in [0.15, 0.2) is 0 Å². The third kappa shape index (κ3) is 5.65. The molecular weight excluding hydrogens is 933 g/mol. The fraction of sp³-hybridized carbons (Fsp3) is 0.0137. The SMILES string of the molecule is c1ccc(-n2c3ccccc3c3ccc4c5ccccc5n(-c5ccc6c(c5)C(c5ccccc5)(c5ccccc5)c5cc(-n7c8ccccc8c8ccc9c%10ccccc%10n(-c%10ccccc%10)c9c87)ccc5-6)c4c32)cc1. The molecule has 4 heteroatoms. The van der Waals surface area contributed by atoms with E-state index in [2.05, 4.69) is 297 Å². The van der Waals surface area contributed by atoms with E-state index >= 15 is 0 Å². The molecule has 12 aromatic carbocycles. The van der Waals surface area contributed by atoms with Gasteiger partial charge in [-0.05, 0) is 106 Å². The summed E-state index contributed by atoms with van der Waals surface area (Å²) in [4.78, 5) is 0. The molecule has 0 saturated heterocycles. The monoisotopic (exact) mass is 978 g/mol. The zero-order valence-electron chi connectivity index (χ0n) is 41.8. The van der Waals surface area contributed by atoms with Crippen molar-refractivity contribution in [1.82, 2.24) is 18.3 Å². The van der Waals surface area contributed by atoms with E-state index in [0.29, 0.717) is 0 Å². The fourth-order valence-electron chi connectivity index (χ4n) is 14.0. The van der Waals surface area contributed by atoms with Gasteiger partial charge in [-0.3, -0.25) is 0 Å². The number of benzene rings is 12. The fourth-order valence-corrected chi connectivity index (χ4v) is 14.0. The van der Waals surface area contributed by atoms with Crippen molar-refractivity contribution in [2.75, 3.05) is 0 Å². The van der Waals surface area contributed by atoms with Crippen LogP contribution in [0.2, 0.25) is 0 Å². The lowest BCUT2D eigenvalue weighted by Gasteiger charge is -2.34. The van der Waals surface area contributed by atoms with Crippen LogP contribution in [0.4, 0.5) is 0 Å². The first-order valence-corrected chi connectivity index (χ1v) is 26.7. The van der Waals surface area contributed by atoms with E-state index in [0.717, 1.165) is 22.7 Å². The first-order valence-electron chi connectivity index (χ1n) is 26.7. The van der Waals surface area contributed by atoms with Crippen LogP contribution in [0, 0.1) is 0 Å². The highest BCUT2D eigenvalue weighted by molar-refractivity contribution is 6.25. The van der Waals surface area contributed by atoms with Crippen LogP contribution in [0.25, 0.3) is 121 Å². The molecule has 0 unspecified atom stereocenters. The lowest BCUT2D eigenvalue weighted by atomic mass is 9.67. The molecule has 77 heavy (non-hydrogen) atoms. The van der Waals surface area contributed by atoms with Crippen LogP contribution in [-0.4, -0.2) is 18.3 Å². The van der Waals surface area contributed by atoms with Gasteiger partial charge in [0.1, 0.15) is 0 Å². The van der Waals surface area contributed by atoms with E-state index < -0.39 is 5.41 Å². The zero-order valence-corrected chi connectivity index (χ0v) is 41.8. The minimum absolute atomic E-state index is 0.695. The molecular formula is C73H46N4. The molecule has 0 N–H and O–H groups in total. The molecule has 0 radical (unpaired) electrons. The summed E-state index contributed by atoms with van der Waals surface area (Å²) in [5, 5.41) is 9.85. The summed E-state index contributed by atoms with van der Waals surface area (Å²) < 4.78 is 10.1. The Morgan fingerprint density at radius 3 is 0.805 bits per heavy atom. The van der Waals surface area contributed by atoms with Crippen LogP contribution in [0.3, 0.4) is 0 Å². The highest BCUT2D eigenvalue weighted by Gasteiger charge is 2.47. The van der Waals surface area contributed by atoms with Crippen molar-refractivity contribution in [2.24, 2.45) is 0 Å². The summed E-state index contributed by atoms with van der Waals surface area (Å²) in [7, 11) is 0. The van der Waals surface area contributed by atoms with Gasteiger partial charge in [0, 0.05) is 65.8 Å². The molecule has 4 nitrogen and oxygen atoms in total. The molecule has 4 aromatic heterocycles. The van der Waals surface area contributed by atoms with E-state index in [1.165, 1.54) is 121 Å². The van der Waals surface area contributed by atoms with Gasteiger partial charge in [0.05, 0.1) is 49.5 Å². The first kappa shape index (κ1) is 42.2. The third-order valence-corrected chi connectivity index (χ3v) is 17.0. The van der Waals surface area contributed by atoms with Gasteiger partial charge < -0.3 is 18.3 Å². The number of hydrogen-bond donors (Lipinski definition) is 0. The number of para-hydroxylation sites is 6. The summed E-state index contributed by atoms with van der Waals surface area (Å²) in [5.74, 6) is 0. The summed E-state index contributed by atoms with van der Waals surface area (Å²) in [6.07, 6.45) is 0. The Morgan fingerprint density at radius 1 is 0.208 bits per heavy atom. The number of fused-ring (bicyclic) bond motifs is 17. The average Bonchev–Trinajstić information content (AvgIpc) is 4.41. The third-order valence-electron chi connectivity index (χ3n) is 17.0. The molecule has 0 saturated carbocycles. The molecule has 17 rings (SSSR count).